The van der Waals surface area contributed by atoms with Crippen LogP contribution in [0.5, 0.6) is 0 Å². The van der Waals surface area contributed by atoms with E-state index < -0.39 is 30.1 Å². The molecule has 0 bridgehead atoms. The largest absolute Gasteiger partial charge is 0.480 e. The number of benzene rings is 2. The van der Waals surface area contributed by atoms with Crippen molar-refractivity contribution in [3.05, 3.63) is 59.7 Å². The van der Waals surface area contributed by atoms with Gasteiger partial charge in [-0.25, -0.2) is 9.59 Å². The Balaban J connectivity index is 1.65. The first-order chi connectivity index (χ1) is 16.0. The van der Waals surface area contributed by atoms with Crippen LogP contribution in [-0.4, -0.2) is 53.8 Å². The van der Waals surface area contributed by atoms with E-state index in [2.05, 4.69) is 22.8 Å². The minimum Gasteiger partial charge on any atom is -0.480 e. The lowest BCUT2D eigenvalue weighted by Gasteiger charge is -2.21. The number of ether oxygens (including phenoxy) is 1. The molecule has 0 unspecified atom stereocenters. The maximum Gasteiger partial charge on any atom is 0.407 e. The van der Waals surface area contributed by atoms with Crippen LogP contribution in [0.1, 0.15) is 43.2 Å². The minimum absolute atomic E-state index is 0.0810. The second kappa shape index (κ2) is 11.7. The van der Waals surface area contributed by atoms with Crippen molar-refractivity contribution < 1.29 is 24.2 Å². The molecule has 7 nitrogen and oxygen atoms in total. The lowest BCUT2D eigenvalue weighted by atomic mass is 9.98. The first-order valence-electron chi connectivity index (χ1n) is 11.1. The molecular weight excluding hydrogens is 440 g/mol. The van der Waals surface area contributed by atoms with E-state index in [0.29, 0.717) is 25.0 Å². The van der Waals surface area contributed by atoms with Crippen molar-refractivity contribution in [1.82, 2.24) is 10.6 Å². The number of nitrogens with one attached hydrogen (secondary N) is 2. The average molecular weight is 471 g/mol. The molecule has 0 saturated carbocycles. The van der Waals surface area contributed by atoms with E-state index in [4.69, 9.17) is 4.74 Å². The van der Waals surface area contributed by atoms with Gasteiger partial charge in [-0.05, 0) is 47.1 Å². The van der Waals surface area contributed by atoms with Crippen LogP contribution in [0.15, 0.2) is 48.5 Å². The molecule has 0 aromatic heterocycles. The van der Waals surface area contributed by atoms with Gasteiger partial charge in [0.05, 0.1) is 0 Å². The van der Waals surface area contributed by atoms with Gasteiger partial charge in [0.25, 0.3) is 0 Å². The minimum atomic E-state index is -1.09. The van der Waals surface area contributed by atoms with Crippen molar-refractivity contribution in [3.8, 4) is 11.1 Å². The Morgan fingerprint density at radius 2 is 1.58 bits per heavy atom. The summed E-state index contributed by atoms with van der Waals surface area (Å²) in [7, 11) is 0. The van der Waals surface area contributed by atoms with Crippen LogP contribution in [0.2, 0.25) is 0 Å². The van der Waals surface area contributed by atoms with Crippen LogP contribution < -0.4 is 10.6 Å². The highest BCUT2D eigenvalue weighted by molar-refractivity contribution is 7.98. The van der Waals surface area contributed by atoms with Crippen LogP contribution in [0.25, 0.3) is 11.1 Å². The highest BCUT2D eigenvalue weighted by Gasteiger charge is 2.30. The van der Waals surface area contributed by atoms with E-state index in [-0.39, 0.29) is 12.5 Å². The second-order valence-electron chi connectivity index (χ2n) is 7.99. The predicted octanol–water partition coefficient (Wildman–Crippen LogP) is 4.02. The van der Waals surface area contributed by atoms with Gasteiger partial charge >= 0.3 is 12.1 Å². The second-order valence-corrected chi connectivity index (χ2v) is 8.98. The molecule has 0 radical (unpaired) electrons. The zero-order chi connectivity index (χ0) is 23.8. The van der Waals surface area contributed by atoms with Crippen molar-refractivity contribution in [2.75, 3.05) is 18.6 Å². The van der Waals surface area contributed by atoms with E-state index in [1.54, 1.807) is 0 Å². The normalized spacial score (nSPS) is 14.0. The molecule has 0 fully saturated rings. The van der Waals surface area contributed by atoms with Gasteiger partial charge in [-0.15, -0.1) is 0 Å². The third kappa shape index (κ3) is 6.07. The van der Waals surface area contributed by atoms with Crippen LogP contribution in [0.4, 0.5) is 4.79 Å². The van der Waals surface area contributed by atoms with Gasteiger partial charge in [0, 0.05) is 5.92 Å². The Morgan fingerprint density at radius 3 is 2.12 bits per heavy atom. The number of amides is 2. The highest BCUT2D eigenvalue weighted by atomic mass is 32.2. The summed E-state index contributed by atoms with van der Waals surface area (Å²) in [5.41, 5.74) is 4.48. The molecule has 2 aromatic carbocycles. The topological polar surface area (TPSA) is 105 Å². The summed E-state index contributed by atoms with van der Waals surface area (Å²) < 4.78 is 5.55. The van der Waals surface area contributed by atoms with Crippen molar-refractivity contribution in [2.24, 2.45) is 0 Å². The molecule has 2 atom stereocenters. The number of aliphatic carboxylic acids is 1. The van der Waals surface area contributed by atoms with E-state index in [0.717, 1.165) is 22.3 Å². The Kier molecular flexibility index (Phi) is 8.77. The maximum absolute atomic E-state index is 12.7. The van der Waals surface area contributed by atoms with E-state index in [9.17, 15) is 19.5 Å². The Hall–Kier alpha value is -3.00. The number of hydrogen-bond donors (Lipinski definition) is 3. The quantitative estimate of drug-likeness (QED) is 0.458. The first-order valence-corrected chi connectivity index (χ1v) is 12.5. The molecule has 2 aromatic rings. The number of carbonyl (C=O) groups excluding carboxylic acids is 2. The number of rotatable bonds is 11. The molecule has 0 spiro atoms. The molecule has 0 saturated heterocycles. The highest BCUT2D eigenvalue weighted by Crippen LogP contribution is 2.44. The zero-order valence-corrected chi connectivity index (χ0v) is 19.7. The van der Waals surface area contributed by atoms with Crippen LogP contribution in [-0.2, 0) is 14.3 Å². The lowest BCUT2D eigenvalue weighted by Crippen LogP contribution is -2.52. The fraction of sp³-hybridized carbons (Fsp3) is 0.400. The molecule has 3 N–H and O–H groups in total. The summed E-state index contributed by atoms with van der Waals surface area (Å²) >= 11 is 1.54. The van der Waals surface area contributed by atoms with Gasteiger partial charge in [-0.3, -0.25) is 4.79 Å². The Morgan fingerprint density at radius 1 is 0.970 bits per heavy atom. The summed E-state index contributed by atoms with van der Waals surface area (Å²) in [4.78, 5) is 36.7. The molecule has 2 amide bonds. The van der Waals surface area contributed by atoms with Gasteiger partial charge < -0.3 is 20.5 Å². The molecule has 0 aliphatic heterocycles. The smallest absolute Gasteiger partial charge is 0.407 e. The SMILES string of the molecule is CCC[C@H](NC(=O)[C@H](CCSC)NC(=O)OCC1c2ccccc2-c2ccccc21)C(=O)O. The van der Waals surface area contributed by atoms with Gasteiger partial charge in [0.15, 0.2) is 0 Å². The maximum atomic E-state index is 12.7. The van der Waals surface area contributed by atoms with Crippen LogP contribution >= 0.6 is 11.8 Å². The zero-order valence-electron chi connectivity index (χ0n) is 18.9. The fourth-order valence-corrected chi connectivity index (χ4v) is 4.58. The number of alkyl carbamates (subject to hydrolysis) is 1. The number of thioether (sulfide) groups is 1. The Labute approximate surface area is 198 Å². The van der Waals surface area contributed by atoms with Crippen molar-refractivity contribution in [2.45, 2.75) is 44.2 Å². The lowest BCUT2D eigenvalue weighted by molar-refractivity contribution is -0.142. The van der Waals surface area contributed by atoms with Crippen molar-refractivity contribution >= 4 is 29.7 Å². The molecule has 176 valence electrons. The number of carboxylic acids is 1. The van der Waals surface area contributed by atoms with Crippen molar-refractivity contribution in [3.63, 3.8) is 0 Å². The predicted molar refractivity (Wildman–Crippen MR) is 129 cm³/mol. The molecule has 1 aliphatic carbocycles. The van der Waals surface area contributed by atoms with Crippen molar-refractivity contribution in [1.29, 1.82) is 0 Å². The van der Waals surface area contributed by atoms with Gasteiger partial charge in [-0.1, -0.05) is 61.9 Å². The van der Waals surface area contributed by atoms with Gasteiger partial charge in [0.2, 0.25) is 5.91 Å². The van der Waals surface area contributed by atoms with Crippen LogP contribution in [0, 0.1) is 0 Å². The molecule has 3 rings (SSSR count). The third-order valence-corrected chi connectivity index (χ3v) is 6.40. The molecule has 1 aliphatic rings. The molecule has 0 heterocycles. The summed E-state index contributed by atoms with van der Waals surface area (Å²) in [6.45, 7) is 1.99. The standard InChI is InChI=1S/C25H30N2O5S/c1-3-8-22(24(29)30)26-23(28)21(13-14-33-2)27-25(31)32-15-20-18-11-6-4-9-16(18)17-10-5-7-12-19(17)20/h4-7,9-12,20-22H,3,8,13-15H2,1-2H3,(H,26,28)(H,27,31)(H,29,30)/t21-,22-/m0/s1. The van der Waals surface area contributed by atoms with Gasteiger partial charge in [0.1, 0.15) is 18.7 Å². The number of carboxylic acid groups (broad SMARTS) is 1. The summed E-state index contributed by atoms with van der Waals surface area (Å²) in [6, 6.07) is 14.3. The Bertz CT molecular complexity index is 951. The number of hydrogen-bond acceptors (Lipinski definition) is 5. The monoisotopic (exact) mass is 470 g/mol. The van der Waals surface area contributed by atoms with Crippen LogP contribution in [0.3, 0.4) is 0 Å². The van der Waals surface area contributed by atoms with E-state index in [1.807, 2.05) is 49.6 Å². The molecule has 8 heteroatoms. The number of fused-ring (bicyclic) bond motifs is 3. The third-order valence-electron chi connectivity index (χ3n) is 5.75. The first kappa shape index (κ1) is 24.6. The fourth-order valence-electron chi connectivity index (χ4n) is 4.11. The van der Waals surface area contributed by atoms with E-state index in [1.165, 1.54) is 11.8 Å². The molecule has 33 heavy (non-hydrogen) atoms. The summed E-state index contributed by atoms with van der Waals surface area (Å²) in [6.07, 6.45) is 2.52. The van der Waals surface area contributed by atoms with E-state index >= 15 is 0 Å². The van der Waals surface area contributed by atoms with Gasteiger partial charge in [-0.2, -0.15) is 11.8 Å². The summed E-state index contributed by atoms with van der Waals surface area (Å²) in [5.74, 6) is -1.05. The number of carbonyl (C=O) groups is 3. The molecular formula is C25H30N2O5S. The average Bonchev–Trinajstić information content (AvgIpc) is 3.13. The summed E-state index contributed by atoms with van der Waals surface area (Å²) in [5, 5.41) is 14.5.